The Labute approximate surface area is 66.1 Å². The smallest absolute Gasteiger partial charge is 0.139 e. The van der Waals surface area contributed by atoms with E-state index in [-0.39, 0.29) is 0 Å². The Morgan fingerprint density at radius 1 is 1.09 bits per heavy atom. The first-order valence-corrected chi connectivity index (χ1v) is 3.19. The predicted octanol–water partition coefficient (Wildman–Crippen LogP) is -0.312. The zero-order valence-electron chi connectivity index (χ0n) is 6.13. The third-order valence-electron chi connectivity index (χ3n) is 1.42. The van der Waals surface area contributed by atoms with Crippen molar-refractivity contribution in [2.45, 2.75) is 0 Å². The monoisotopic (exact) mass is 140 g/mol. The number of hydrogen-bond acceptors (Lipinski definition) is 2. The zero-order valence-corrected chi connectivity index (χ0v) is 6.13. The molecule has 1 aromatic rings. The van der Waals surface area contributed by atoms with Crippen molar-refractivity contribution >= 4 is 13.3 Å². The summed E-state index contributed by atoms with van der Waals surface area (Å²) in [5.74, 6) is 0. The SMILES string of the molecule is Bc1ccc(C#N)c(C#N)c1. The standard InChI is InChI=1S/C8H5BN2/c9-8-2-1-6(4-10)7(3-8)5-11/h1-3H,9H2. The molecule has 0 atom stereocenters. The fourth-order valence-electron chi connectivity index (χ4n) is 0.848. The highest BCUT2D eigenvalue weighted by atomic mass is 14.3. The predicted molar refractivity (Wildman–Crippen MR) is 44.1 cm³/mol. The molecule has 0 spiro atoms. The van der Waals surface area contributed by atoms with Crippen molar-refractivity contribution < 1.29 is 0 Å². The van der Waals surface area contributed by atoms with Gasteiger partial charge < -0.3 is 0 Å². The number of nitrogens with zero attached hydrogens (tertiary/aromatic N) is 2. The van der Waals surface area contributed by atoms with Gasteiger partial charge in [-0.2, -0.15) is 10.5 Å². The normalized spacial score (nSPS) is 8.18. The van der Waals surface area contributed by atoms with Crippen LogP contribution in [0.2, 0.25) is 0 Å². The van der Waals surface area contributed by atoms with E-state index in [2.05, 4.69) is 0 Å². The lowest BCUT2D eigenvalue weighted by molar-refractivity contribution is 1.44. The van der Waals surface area contributed by atoms with Gasteiger partial charge in [-0.05, 0) is 12.1 Å². The molecule has 1 rings (SSSR count). The highest BCUT2D eigenvalue weighted by Gasteiger charge is 1.98. The lowest BCUT2D eigenvalue weighted by atomic mass is 9.93. The molecular formula is C8H5BN2. The van der Waals surface area contributed by atoms with Crippen molar-refractivity contribution in [3.05, 3.63) is 29.3 Å². The Balaban J connectivity index is 3.34. The fraction of sp³-hybridized carbons (Fsp3) is 0. The topological polar surface area (TPSA) is 47.6 Å². The van der Waals surface area contributed by atoms with Crippen LogP contribution in [0.5, 0.6) is 0 Å². The summed E-state index contributed by atoms with van der Waals surface area (Å²) >= 11 is 0. The molecule has 0 amide bonds. The number of rotatable bonds is 0. The average molecular weight is 140 g/mol. The van der Waals surface area contributed by atoms with Crippen molar-refractivity contribution in [3.8, 4) is 12.1 Å². The maximum absolute atomic E-state index is 8.57. The summed E-state index contributed by atoms with van der Waals surface area (Å²) in [7, 11) is 1.89. The van der Waals surface area contributed by atoms with E-state index in [1.54, 1.807) is 12.1 Å². The zero-order chi connectivity index (χ0) is 8.27. The molecule has 0 N–H and O–H groups in total. The molecule has 11 heavy (non-hydrogen) atoms. The van der Waals surface area contributed by atoms with Crippen molar-refractivity contribution in [1.29, 1.82) is 10.5 Å². The van der Waals surface area contributed by atoms with Crippen LogP contribution in [0.4, 0.5) is 0 Å². The van der Waals surface area contributed by atoms with Crippen LogP contribution in [-0.4, -0.2) is 7.85 Å². The van der Waals surface area contributed by atoms with Gasteiger partial charge in [0, 0.05) is 0 Å². The summed E-state index contributed by atoms with van der Waals surface area (Å²) < 4.78 is 0. The molecule has 0 unspecified atom stereocenters. The second kappa shape index (κ2) is 2.90. The lowest BCUT2D eigenvalue weighted by Gasteiger charge is -1.94. The molecule has 0 aliphatic heterocycles. The largest absolute Gasteiger partial charge is 0.192 e. The van der Waals surface area contributed by atoms with Gasteiger partial charge in [0.2, 0.25) is 0 Å². The molecule has 0 fully saturated rings. The highest BCUT2D eigenvalue weighted by Crippen LogP contribution is 2.02. The van der Waals surface area contributed by atoms with E-state index < -0.39 is 0 Å². The average Bonchev–Trinajstić information content (AvgIpc) is 2.04. The van der Waals surface area contributed by atoms with Gasteiger partial charge in [-0.1, -0.05) is 11.5 Å². The summed E-state index contributed by atoms with van der Waals surface area (Å²) in [5, 5.41) is 17.1. The molecule has 2 nitrogen and oxygen atoms in total. The third kappa shape index (κ3) is 1.39. The molecule has 50 valence electrons. The molecule has 0 radical (unpaired) electrons. The quantitative estimate of drug-likeness (QED) is 0.464. The second-order valence-electron chi connectivity index (χ2n) is 2.27. The molecule has 0 aromatic heterocycles. The van der Waals surface area contributed by atoms with E-state index >= 15 is 0 Å². The molecule has 0 heterocycles. The van der Waals surface area contributed by atoms with Gasteiger partial charge in [-0.15, -0.1) is 0 Å². The molecule has 3 heteroatoms. The van der Waals surface area contributed by atoms with Crippen molar-refractivity contribution in [2.24, 2.45) is 0 Å². The first-order valence-electron chi connectivity index (χ1n) is 3.19. The van der Waals surface area contributed by atoms with E-state index in [1.807, 2.05) is 26.1 Å². The Kier molecular flexibility index (Phi) is 1.94. The first-order chi connectivity index (χ1) is 5.27. The number of benzene rings is 1. The Bertz CT molecular complexity index is 357. The van der Waals surface area contributed by atoms with Crippen LogP contribution in [0, 0.1) is 22.7 Å². The van der Waals surface area contributed by atoms with Crippen LogP contribution in [0.15, 0.2) is 18.2 Å². The minimum Gasteiger partial charge on any atom is -0.192 e. The van der Waals surface area contributed by atoms with Gasteiger partial charge in [-0.25, -0.2) is 0 Å². The fourth-order valence-corrected chi connectivity index (χ4v) is 0.848. The Morgan fingerprint density at radius 2 is 1.73 bits per heavy atom. The van der Waals surface area contributed by atoms with Gasteiger partial charge in [0.25, 0.3) is 0 Å². The highest BCUT2D eigenvalue weighted by molar-refractivity contribution is 6.32. The van der Waals surface area contributed by atoms with Gasteiger partial charge in [-0.3, -0.25) is 0 Å². The summed E-state index contributed by atoms with van der Waals surface area (Å²) in [4.78, 5) is 0. The number of hydrogen-bond donors (Lipinski definition) is 0. The van der Waals surface area contributed by atoms with E-state index in [0.29, 0.717) is 11.1 Å². The molecule has 0 saturated heterocycles. The van der Waals surface area contributed by atoms with Gasteiger partial charge in [0.1, 0.15) is 20.0 Å². The van der Waals surface area contributed by atoms with Crippen LogP contribution in [0.1, 0.15) is 11.1 Å². The molecule has 0 saturated carbocycles. The minimum atomic E-state index is 0.443. The summed E-state index contributed by atoms with van der Waals surface area (Å²) in [6, 6.07) is 9.10. The van der Waals surface area contributed by atoms with Crippen LogP contribution in [0.3, 0.4) is 0 Å². The lowest BCUT2D eigenvalue weighted by Crippen LogP contribution is -2.02. The van der Waals surface area contributed by atoms with Gasteiger partial charge >= 0.3 is 0 Å². The minimum absolute atomic E-state index is 0.443. The summed E-state index contributed by atoms with van der Waals surface area (Å²) in [6.07, 6.45) is 0. The van der Waals surface area contributed by atoms with E-state index in [9.17, 15) is 0 Å². The van der Waals surface area contributed by atoms with Crippen LogP contribution >= 0.6 is 0 Å². The summed E-state index contributed by atoms with van der Waals surface area (Å²) in [6.45, 7) is 0. The molecule has 0 bridgehead atoms. The number of nitriles is 2. The van der Waals surface area contributed by atoms with Gasteiger partial charge in [0.05, 0.1) is 11.1 Å². The van der Waals surface area contributed by atoms with E-state index in [1.165, 1.54) is 0 Å². The second-order valence-corrected chi connectivity index (χ2v) is 2.27. The van der Waals surface area contributed by atoms with Crippen LogP contribution in [-0.2, 0) is 0 Å². The maximum Gasteiger partial charge on any atom is 0.139 e. The molecule has 0 aliphatic rings. The van der Waals surface area contributed by atoms with Crippen molar-refractivity contribution in [1.82, 2.24) is 0 Å². The third-order valence-corrected chi connectivity index (χ3v) is 1.42. The van der Waals surface area contributed by atoms with E-state index in [0.717, 1.165) is 5.46 Å². The van der Waals surface area contributed by atoms with Crippen LogP contribution in [0.25, 0.3) is 0 Å². The maximum atomic E-state index is 8.57. The molecule has 1 aromatic carbocycles. The summed E-state index contributed by atoms with van der Waals surface area (Å²) in [5.41, 5.74) is 1.89. The van der Waals surface area contributed by atoms with E-state index in [4.69, 9.17) is 10.5 Å². The van der Waals surface area contributed by atoms with Crippen LogP contribution < -0.4 is 5.46 Å². The van der Waals surface area contributed by atoms with Gasteiger partial charge in [0.15, 0.2) is 0 Å². The first kappa shape index (κ1) is 7.37. The van der Waals surface area contributed by atoms with Crippen molar-refractivity contribution in [2.75, 3.05) is 0 Å². The Hall–Kier alpha value is -1.74. The molecular weight excluding hydrogens is 135 g/mol. The Morgan fingerprint density at radius 3 is 2.27 bits per heavy atom. The van der Waals surface area contributed by atoms with Crippen molar-refractivity contribution in [3.63, 3.8) is 0 Å². The molecule has 0 aliphatic carbocycles.